The standard InChI is InChI=1S/C24H24F3N3O2S/c25-24(26,27)33-19-8-6-18(7-9-19)30-21(31)23(11-12-23)29(22(30)32)15-17-10-13-28-14-20(17)16-4-2-1-3-5-16/h6-10,13-14,16H,1-5,11-12,15H2. The lowest BCUT2D eigenvalue weighted by Crippen LogP contribution is -2.37. The van der Waals surface area contributed by atoms with E-state index in [0.29, 0.717) is 31.0 Å². The minimum absolute atomic E-state index is 0.0113. The Bertz CT molecular complexity index is 1060. The average Bonchev–Trinajstić information content (AvgIpc) is 3.57. The molecule has 0 unspecified atom stereocenters. The van der Waals surface area contributed by atoms with E-state index in [1.165, 1.54) is 43.5 Å². The number of alkyl halides is 3. The minimum atomic E-state index is -4.39. The second-order valence-electron chi connectivity index (χ2n) is 8.99. The number of urea groups is 1. The van der Waals surface area contributed by atoms with E-state index in [0.717, 1.165) is 28.9 Å². The van der Waals surface area contributed by atoms with Crippen LogP contribution in [0.1, 0.15) is 62.0 Å². The van der Waals surface area contributed by atoms with E-state index in [1.807, 2.05) is 12.3 Å². The number of carbonyl (C=O) groups excluding carboxylic acids is 2. The van der Waals surface area contributed by atoms with Crippen LogP contribution in [-0.4, -0.2) is 32.9 Å². The summed E-state index contributed by atoms with van der Waals surface area (Å²) in [6, 6.07) is 6.91. The first kappa shape index (κ1) is 22.3. The molecule has 3 fully saturated rings. The number of anilines is 1. The maximum Gasteiger partial charge on any atom is 0.446 e. The quantitative estimate of drug-likeness (QED) is 0.379. The number of rotatable bonds is 5. The van der Waals surface area contributed by atoms with Gasteiger partial charge in [0.25, 0.3) is 5.91 Å². The molecule has 2 aromatic rings. The zero-order valence-electron chi connectivity index (χ0n) is 18.0. The summed E-state index contributed by atoms with van der Waals surface area (Å²) < 4.78 is 37.9. The van der Waals surface area contributed by atoms with Crippen molar-refractivity contribution in [1.82, 2.24) is 9.88 Å². The van der Waals surface area contributed by atoms with Gasteiger partial charge in [0.2, 0.25) is 0 Å². The van der Waals surface area contributed by atoms with Gasteiger partial charge in [-0.15, -0.1) is 0 Å². The fraction of sp³-hybridized carbons (Fsp3) is 0.458. The van der Waals surface area contributed by atoms with Crippen LogP contribution in [0, 0.1) is 0 Å². The van der Waals surface area contributed by atoms with E-state index in [1.54, 1.807) is 11.1 Å². The molecule has 1 aromatic heterocycles. The zero-order chi connectivity index (χ0) is 23.2. The Morgan fingerprint density at radius 2 is 1.73 bits per heavy atom. The third kappa shape index (κ3) is 4.23. The number of halogens is 3. The van der Waals surface area contributed by atoms with Crippen LogP contribution in [0.5, 0.6) is 0 Å². The highest BCUT2D eigenvalue weighted by Gasteiger charge is 2.65. The summed E-state index contributed by atoms with van der Waals surface area (Å²) in [7, 11) is 0. The summed E-state index contributed by atoms with van der Waals surface area (Å²) in [6.07, 6.45) is 10.6. The van der Waals surface area contributed by atoms with Gasteiger partial charge in [-0.3, -0.25) is 9.78 Å². The molecule has 2 heterocycles. The number of aromatic nitrogens is 1. The number of nitrogens with zero attached hydrogens (tertiary/aromatic N) is 3. The van der Waals surface area contributed by atoms with Crippen LogP contribution in [0.4, 0.5) is 23.7 Å². The van der Waals surface area contributed by atoms with Crippen LogP contribution in [0.2, 0.25) is 0 Å². The first-order valence-corrected chi connectivity index (χ1v) is 12.0. The minimum Gasteiger partial charge on any atom is -0.305 e. The van der Waals surface area contributed by atoms with Gasteiger partial charge >= 0.3 is 11.5 Å². The van der Waals surface area contributed by atoms with E-state index >= 15 is 0 Å². The van der Waals surface area contributed by atoms with E-state index in [4.69, 9.17) is 0 Å². The van der Waals surface area contributed by atoms with Crippen molar-refractivity contribution in [3.05, 3.63) is 53.9 Å². The maximum absolute atomic E-state index is 13.4. The van der Waals surface area contributed by atoms with Crippen LogP contribution in [-0.2, 0) is 11.3 Å². The van der Waals surface area contributed by atoms with Crippen molar-refractivity contribution in [2.45, 2.75) is 73.4 Å². The first-order valence-electron chi connectivity index (χ1n) is 11.2. The molecule has 5 nitrogen and oxygen atoms in total. The van der Waals surface area contributed by atoms with Crippen molar-refractivity contribution >= 4 is 29.4 Å². The molecule has 0 radical (unpaired) electrons. The Labute approximate surface area is 194 Å². The monoisotopic (exact) mass is 475 g/mol. The smallest absolute Gasteiger partial charge is 0.305 e. The van der Waals surface area contributed by atoms with Crippen LogP contribution in [0.25, 0.3) is 0 Å². The molecular formula is C24H24F3N3O2S. The van der Waals surface area contributed by atoms with Crippen LogP contribution >= 0.6 is 11.8 Å². The molecule has 33 heavy (non-hydrogen) atoms. The van der Waals surface area contributed by atoms with Gasteiger partial charge in [-0.2, -0.15) is 13.2 Å². The summed E-state index contributed by atoms with van der Waals surface area (Å²) in [6.45, 7) is 0.331. The fourth-order valence-corrected chi connectivity index (χ4v) is 5.63. The molecular weight excluding hydrogens is 451 g/mol. The lowest BCUT2D eigenvalue weighted by molar-refractivity contribution is -0.120. The van der Waals surface area contributed by atoms with Crippen molar-refractivity contribution < 1.29 is 22.8 Å². The number of imide groups is 1. The van der Waals surface area contributed by atoms with E-state index < -0.39 is 17.1 Å². The molecule has 1 aliphatic heterocycles. The number of pyridine rings is 1. The van der Waals surface area contributed by atoms with Gasteiger partial charge in [-0.05, 0) is 84.8 Å². The predicted octanol–water partition coefficient (Wildman–Crippen LogP) is 6.24. The Morgan fingerprint density at radius 1 is 1.03 bits per heavy atom. The molecule has 2 saturated carbocycles. The molecule has 5 rings (SSSR count). The lowest BCUT2D eigenvalue weighted by atomic mass is 9.83. The Hall–Kier alpha value is -2.55. The second-order valence-corrected chi connectivity index (χ2v) is 10.1. The van der Waals surface area contributed by atoms with Gasteiger partial charge < -0.3 is 4.90 Å². The highest BCUT2D eigenvalue weighted by atomic mass is 32.2. The summed E-state index contributed by atoms with van der Waals surface area (Å²) in [5, 5.41) is 0. The molecule has 1 aromatic carbocycles. The third-order valence-corrected chi connectivity index (χ3v) is 7.65. The Balaban J connectivity index is 1.40. The Kier molecular flexibility index (Phi) is 5.63. The molecule has 2 aliphatic carbocycles. The molecule has 1 spiro atoms. The molecule has 3 aliphatic rings. The summed E-state index contributed by atoms with van der Waals surface area (Å²) in [5.74, 6) is 0.123. The fourth-order valence-electron chi connectivity index (χ4n) is 5.09. The number of amides is 3. The van der Waals surface area contributed by atoms with Gasteiger partial charge in [0.15, 0.2) is 0 Å². The number of thioether (sulfide) groups is 1. The van der Waals surface area contributed by atoms with Crippen LogP contribution < -0.4 is 4.90 Å². The molecule has 1 saturated heterocycles. The van der Waals surface area contributed by atoms with E-state index in [9.17, 15) is 22.8 Å². The van der Waals surface area contributed by atoms with Gasteiger partial charge in [0.05, 0.1) is 5.69 Å². The summed E-state index contributed by atoms with van der Waals surface area (Å²) >= 11 is -0.222. The topological polar surface area (TPSA) is 53.5 Å². The zero-order valence-corrected chi connectivity index (χ0v) is 18.8. The lowest BCUT2D eigenvalue weighted by Gasteiger charge is -2.27. The van der Waals surface area contributed by atoms with Crippen LogP contribution in [0.3, 0.4) is 0 Å². The molecule has 174 valence electrons. The summed E-state index contributed by atoms with van der Waals surface area (Å²) in [4.78, 5) is 33.8. The highest BCUT2D eigenvalue weighted by Crippen LogP contribution is 2.50. The van der Waals surface area contributed by atoms with Crippen molar-refractivity contribution in [3.8, 4) is 0 Å². The number of hydrogen-bond donors (Lipinski definition) is 0. The largest absolute Gasteiger partial charge is 0.446 e. The Morgan fingerprint density at radius 3 is 2.36 bits per heavy atom. The summed E-state index contributed by atoms with van der Waals surface area (Å²) in [5.41, 5.74) is -2.77. The van der Waals surface area contributed by atoms with Crippen molar-refractivity contribution in [2.75, 3.05) is 4.90 Å². The van der Waals surface area contributed by atoms with Gasteiger partial charge in [-0.25, -0.2) is 9.69 Å². The maximum atomic E-state index is 13.4. The van der Waals surface area contributed by atoms with Crippen molar-refractivity contribution in [3.63, 3.8) is 0 Å². The second kappa shape index (κ2) is 8.34. The van der Waals surface area contributed by atoms with Gasteiger partial charge in [-0.1, -0.05) is 19.3 Å². The van der Waals surface area contributed by atoms with E-state index in [2.05, 4.69) is 4.98 Å². The van der Waals surface area contributed by atoms with E-state index in [-0.39, 0.29) is 22.6 Å². The number of carbonyl (C=O) groups is 2. The van der Waals surface area contributed by atoms with Crippen molar-refractivity contribution in [1.29, 1.82) is 0 Å². The molecule has 0 atom stereocenters. The molecule has 0 N–H and O–H groups in total. The van der Waals surface area contributed by atoms with Crippen LogP contribution in [0.15, 0.2) is 47.6 Å². The van der Waals surface area contributed by atoms with Crippen molar-refractivity contribution in [2.24, 2.45) is 0 Å². The number of hydrogen-bond acceptors (Lipinski definition) is 4. The molecule has 9 heteroatoms. The third-order valence-electron chi connectivity index (χ3n) is 6.91. The normalized spacial score (nSPS) is 20.7. The molecule has 0 bridgehead atoms. The van der Waals surface area contributed by atoms with Gasteiger partial charge in [0.1, 0.15) is 5.54 Å². The average molecular weight is 476 g/mol. The highest BCUT2D eigenvalue weighted by molar-refractivity contribution is 8.00. The number of benzene rings is 1. The SMILES string of the molecule is O=C1N(c2ccc(SC(F)(F)F)cc2)C(=O)C2(CC2)N1Cc1ccncc1C1CCCCC1. The predicted molar refractivity (Wildman–Crippen MR) is 119 cm³/mol. The van der Waals surface area contributed by atoms with Gasteiger partial charge in [0, 0.05) is 23.8 Å². The molecule has 3 amide bonds. The first-order chi connectivity index (χ1) is 15.8.